The number of phenols is 1. The molecule has 2 N–H and O–H groups in total. The quantitative estimate of drug-likeness (QED) is 0.571. The number of hydrogen-bond acceptors (Lipinski definition) is 3. The van der Waals surface area contributed by atoms with Crippen molar-refractivity contribution in [3.63, 3.8) is 0 Å². The highest BCUT2D eigenvalue weighted by Crippen LogP contribution is 2.27. The summed E-state index contributed by atoms with van der Waals surface area (Å²) in [6.07, 6.45) is 5.30. The SMILES string of the molecule is C=C/C=C(\C=C)C(NC(=C)OC(C)(C)C)c1cccc(O)c1. The van der Waals surface area contributed by atoms with Crippen LogP contribution in [-0.2, 0) is 4.74 Å². The summed E-state index contributed by atoms with van der Waals surface area (Å²) < 4.78 is 5.74. The molecule has 0 amide bonds. The van der Waals surface area contributed by atoms with Gasteiger partial charge >= 0.3 is 0 Å². The van der Waals surface area contributed by atoms with E-state index in [-0.39, 0.29) is 17.4 Å². The summed E-state index contributed by atoms with van der Waals surface area (Å²) >= 11 is 0. The van der Waals surface area contributed by atoms with E-state index in [9.17, 15) is 5.11 Å². The zero-order chi connectivity index (χ0) is 16.8. The number of aromatic hydroxyl groups is 1. The summed E-state index contributed by atoms with van der Waals surface area (Å²) in [7, 11) is 0. The molecule has 0 aliphatic carbocycles. The Kier molecular flexibility index (Phi) is 6.05. The number of hydrogen-bond donors (Lipinski definition) is 2. The van der Waals surface area contributed by atoms with Crippen LogP contribution in [0.25, 0.3) is 0 Å². The molecule has 0 fully saturated rings. The lowest BCUT2D eigenvalue weighted by Crippen LogP contribution is -2.28. The van der Waals surface area contributed by atoms with Crippen molar-refractivity contribution in [2.45, 2.75) is 32.4 Å². The molecule has 1 rings (SSSR count). The van der Waals surface area contributed by atoms with E-state index < -0.39 is 0 Å². The second-order valence-electron chi connectivity index (χ2n) is 5.92. The van der Waals surface area contributed by atoms with Crippen molar-refractivity contribution >= 4 is 0 Å². The zero-order valence-corrected chi connectivity index (χ0v) is 13.6. The van der Waals surface area contributed by atoms with Crippen LogP contribution in [-0.4, -0.2) is 10.7 Å². The standard InChI is InChI=1S/C19H25NO2/c1-7-10-15(8-2)18(16-11-9-12-17(21)13-16)20-14(3)22-19(4,5)6/h7-13,18,20-21H,1-3H2,4-6H3/b15-10+. The number of benzene rings is 1. The molecule has 3 heteroatoms. The van der Waals surface area contributed by atoms with E-state index in [1.807, 2.05) is 32.9 Å². The van der Waals surface area contributed by atoms with Gasteiger partial charge in [-0.15, -0.1) is 0 Å². The van der Waals surface area contributed by atoms with E-state index >= 15 is 0 Å². The largest absolute Gasteiger partial charge is 0.508 e. The van der Waals surface area contributed by atoms with Gasteiger partial charge < -0.3 is 15.2 Å². The third-order valence-electron chi connectivity index (χ3n) is 2.82. The van der Waals surface area contributed by atoms with E-state index in [4.69, 9.17) is 4.74 Å². The molecule has 1 unspecified atom stereocenters. The van der Waals surface area contributed by atoms with Gasteiger partial charge in [0.05, 0.1) is 6.04 Å². The summed E-state index contributed by atoms with van der Waals surface area (Å²) in [6, 6.07) is 6.80. The fourth-order valence-electron chi connectivity index (χ4n) is 2.04. The minimum absolute atomic E-state index is 0.202. The Morgan fingerprint density at radius 1 is 1.32 bits per heavy atom. The first-order valence-corrected chi connectivity index (χ1v) is 7.15. The van der Waals surface area contributed by atoms with E-state index in [2.05, 4.69) is 25.1 Å². The third kappa shape index (κ3) is 5.52. The van der Waals surface area contributed by atoms with Gasteiger partial charge in [0.1, 0.15) is 11.4 Å². The van der Waals surface area contributed by atoms with Crippen molar-refractivity contribution in [2.24, 2.45) is 0 Å². The number of phenolic OH excluding ortho intramolecular Hbond substituents is 1. The lowest BCUT2D eigenvalue weighted by Gasteiger charge is -2.28. The van der Waals surface area contributed by atoms with E-state index in [0.717, 1.165) is 11.1 Å². The van der Waals surface area contributed by atoms with Gasteiger partial charge in [-0.25, -0.2) is 0 Å². The van der Waals surface area contributed by atoms with Crippen LogP contribution in [0.3, 0.4) is 0 Å². The molecular formula is C19H25NO2. The number of rotatable bonds is 7. The fourth-order valence-corrected chi connectivity index (χ4v) is 2.04. The average molecular weight is 299 g/mol. The van der Waals surface area contributed by atoms with Crippen molar-refractivity contribution in [2.75, 3.05) is 0 Å². The van der Waals surface area contributed by atoms with Gasteiger partial charge in [0.15, 0.2) is 5.88 Å². The van der Waals surface area contributed by atoms with Crippen molar-refractivity contribution in [1.82, 2.24) is 5.32 Å². The molecule has 0 spiro atoms. The molecule has 0 radical (unpaired) electrons. The van der Waals surface area contributed by atoms with Gasteiger partial charge in [-0.05, 0) is 50.6 Å². The van der Waals surface area contributed by atoms with E-state index in [0.29, 0.717) is 5.88 Å². The molecule has 0 saturated carbocycles. The Hall–Kier alpha value is -2.42. The fraction of sp³-hybridized carbons (Fsp3) is 0.263. The molecule has 0 heterocycles. The molecule has 0 saturated heterocycles. The highest BCUT2D eigenvalue weighted by molar-refractivity contribution is 5.39. The van der Waals surface area contributed by atoms with Crippen molar-refractivity contribution in [3.05, 3.63) is 79.2 Å². The van der Waals surface area contributed by atoms with Crippen LogP contribution >= 0.6 is 0 Å². The van der Waals surface area contributed by atoms with Gasteiger partial charge in [0, 0.05) is 0 Å². The molecular weight excluding hydrogens is 274 g/mol. The Labute approximate surface area is 133 Å². The molecule has 0 bridgehead atoms. The molecule has 1 aromatic rings. The molecule has 3 nitrogen and oxygen atoms in total. The molecule has 0 aliphatic heterocycles. The van der Waals surface area contributed by atoms with Crippen LogP contribution in [0, 0.1) is 0 Å². The first-order chi connectivity index (χ1) is 10.3. The summed E-state index contributed by atoms with van der Waals surface area (Å²) in [5, 5.41) is 13.0. The van der Waals surface area contributed by atoms with Crippen LogP contribution in [0.5, 0.6) is 5.75 Å². The first-order valence-electron chi connectivity index (χ1n) is 7.15. The van der Waals surface area contributed by atoms with Crippen LogP contribution in [0.1, 0.15) is 32.4 Å². The molecule has 1 atom stereocenters. The zero-order valence-electron chi connectivity index (χ0n) is 13.6. The lowest BCUT2D eigenvalue weighted by molar-refractivity contribution is 0.0395. The number of ether oxygens (including phenoxy) is 1. The Morgan fingerprint density at radius 3 is 2.50 bits per heavy atom. The predicted octanol–water partition coefficient (Wildman–Crippen LogP) is 4.61. The lowest BCUT2D eigenvalue weighted by atomic mass is 9.98. The predicted molar refractivity (Wildman–Crippen MR) is 92.4 cm³/mol. The molecule has 118 valence electrons. The third-order valence-corrected chi connectivity index (χ3v) is 2.82. The smallest absolute Gasteiger partial charge is 0.180 e. The number of nitrogens with one attached hydrogen (secondary N) is 1. The molecule has 0 aromatic heterocycles. The van der Waals surface area contributed by atoms with Crippen LogP contribution < -0.4 is 5.32 Å². The molecule has 1 aromatic carbocycles. The normalized spacial score (nSPS) is 13.1. The van der Waals surface area contributed by atoms with Gasteiger partial charge in [-0.2, -0.15) is 0 Å². The monoisotopic (exact) mass is 299 g/mol. The summed E-state index contributed by atoms with van der Waals surface area (Å²) in [5.41, 5.74) is 1.44. The van der Waals surface area contributed by atoms with Gasteiger partial charge in [-0.3, -0.25) is 0 Å². The van der Waals surface area contributed by atoms with E-state index in [1.165, 1.54) is 0 Å². The minimum atomic E-state index is -0.343. The second-order valence-corrected chi connectivity index (χ2v) is 5.92. The van der Waals surface area contributed by atoms with Crippen LogP contribution in [0.15, 0.2) is 73.7 Å². The van der Waals surface area contributed by atoms with Gasteiger partial charge in [0.25, 0.3) is 0 Å². The second kappa shape index (κ2) is 7.55. The number of allylic oxidation sites excluding steroid dienone is 2. The average Bonchev–Trinajstić information content (AvgIpc) is 2.40. The summed E-state index contributed by atoms with van der Waals surface area (Å²) in [6.45, 7) is 17.4. The first kappa shape index (κ1) is 17.6. The van der Waals surface area contributed by atoms with Gasteiger partial charge in [0.2, 0.25) is 0 Å². The maximum atomic E-state index is 9.72. The van der Waals surface area contributed by atoms with Crippen LogP contribution in [0.4, 0.5) is 0 Å². The maximum absolute atomic E-state index is 9.72. The summed E-state index contributed by atoms with van der Waals surface area (Å²) in [4.78, 5) is 0. The topological polar surface area (TPSA) is 41.5 Å². The minimum Gasteiger partial charge on any atom is -0.508 e. The highest BCUT2D eigenvalue weighted by Gasteiger charge is 2.19. The van der Waals surface area contributed by atoms with Crippen molar-refractivity contribution in [3.8, 4) is 5.75 Å². The van der Waals surface area contributed by atoms with Gasteiger partial charge in [-0.1, -0.05) is 43.5 Å². The van der Waals surface area contributed by atoms with E-state index in [1.54, 1.807) is 30.4 Å². The Bertz CT molecular complexity index is 579. The van der Waals surface area contributed by atoms with Crippen LogP contribution in [0.2, 0.25) is 0 Å². The Morgan fingerprint density at radius 2 is 2.00 bits per heavy atom. The Balaban J connectivity index is 3.12. The van der Waals surface area contributed by atoms with Crippen molar-refractivity contribution < 1.29 is 9.84 Å². The summed E-state index contributed by atoms with van der Waals surface area (Å²) in [5.74, 6) is 0.659. The highest BCUT2D eigenvalue weighted by atomic mass is 16.5. The maximum Gasteiger partial charge on any atom is 0.180 e. The molecule has 0 aliphatic rings. The van der Waals surface area contributed by atoms with Crippen molar-refractivity contribution in [1.29, 1.82) is 0 Å². The molecule has 22 heavy (non-hydrogen) atoms.